The van der Waals surface area contributed by atoms with Crippen LogP contribution in [-0.2, 0) is 4.74 Å². The van der Waals surface area contributed by atoms with Crippen molar-refractivity contribution < 1.29 is 9.53 Å². The first-order chi connectivity index (χ1) is 17.4. The molecule has 1 aliphatic heterocycles. The van der Waals surface area contributed by atoms with Crippen LogP contribution in [0.5, 0.6) is 0 Å². The van der Waals surface area contributed by atoms with Gasteiger partial charge >= 0.3 is 6.09 Å². The molecule has 1 fully saturated rings. The summed E-state index contributed by atoms with van der Waals surface area (Å²) in [5, 5.41) is 1.49. The second kappa shape index (κ2) is 8.90. The van der Waals surface area contributed by atoms with Crippen molar-refractivity contribution in [1.29, 1.82) is 0 Å². The van der Waals surface area contributed by atoms with E-state index in [2.05, 4.69) is 14.9 Å². The fourth-order valence-corrected chi connectivity index (χ4v) is 5.19. The van der Waals surface area contributed by atoms with Crippen molar-refractivity contribution in [2.24, 2.45) is 0 Å². The van der Waals surface area contributed by atoms with Crippen molar-refractivity contribution in [1.82, 2.24) is 23.8 Å². The quantitative estimate of drug-likeness (QED) is 0.402. The monoisotopic (exact) mass is 502 g/mol. The molecule has 1 aromatic carbocycles. The number of imidazole rings is 1. The molecule has 37 heavy (non-hydrogen) atoms. The zero-order valence-corrected chi connectivity index (χ0v) is 22.5. The molecular formula is C28H34N6O3. The van der Waals surface area contributed by atoms with Crippen LogP contribution in [0.2, 0.25) is 0 Å². The second-order valence-electron chi connectivity index (χ2n) is 11.1. The van der Waals surface area contributed by atoms with Crippen LogP contribution in [0.4, 0.5) is 10.5 Å². The van der Waals surface area contributed by atoms with Gasteiger partial charge in [0.2, 0.25) is 0 Å². The SMILES string of the molecule is Cc1cn2cc(-n3ccc4cc(N5C[C@@H](C)N(C(=O)OC(C)(C)C)[C@@H](C)C5)ccc4c3=O)nc(C)c2n1. The number of pyridine rings is 1. The number of carbonyl (C=O) groups excluding carboxylic acids is 1. The van der Waals surface area contributed by atoms with E-state index in [-0.39, 0.29) is 23.7 Å². The fraction of sp³-hybridized carbons (Fsp3) is 0.429. The average molecular weight is 503 g/mol. The lowest BCUT2D eigenvalue weighted by Crippen LogP contribution is -2.59. The molecule has 0 unspecified atom stereocenters. The standard InChI is InChI=1S/C28H34N6O3/c1-17-13-32-16-24(30-20(4)25(32)29-17)33-11-10-21-12-22(8-9-23(21)26(33)35)31-14-18(2)34(19(3)15-31)27(36)37-28(5,6)7/h8-13,16,18-19H,14-15H2,1-7H3/t18-,19+. The van der Waals surface area contributed by atoms with Crippen LogP contribution in [-0.4, -0.2) is 60.7 Å². The lowest BCUT2D eigenvalue weighted by Gasteiger charge is -2.45. The van der Waals surface area contributed by atoms with Gasteiger partial charge in [0.05, 0.1) is 29.7 Å². The maximum atomic E-state index is 13.4. The highest BCUT2D eigenvalue weighted by atomic mass is 16.6. The summed E-state index contributed by atoms with van der Waals surface area (Å²) in [6.45, 7) is 14.9. The van der Waals surface area contributed by atoms with Gasteiger partial charge in [0.25, 0.3) is 5.56 Å². The van der Waals surface area contributed by atoms with Gasteiger partial charge in [-0.3, -0.25) is 14.3 Å². The molecule has 4 heterocycles. The molecule has 2 atom stereocenters. The molecule has 0 bridgehead atoms. The highest BCUT2D eigenvalue weighted by Crippen LogP contribution is 2.27. The number of nitrogens with zero attached hydrogens (tertiary/aromatic N) is 6. The van der Waals surface area contributed by atoms with E-state index in [1.165, 1.54) is 0 Å². The van der Waals surface area contributed by atoms with Gasteiger partial charge < -0.3 is 14.0 Å². The topological polar surface area (TPSA) is 85.0 Å². The zero-order chi connectivity index (χ0) is 26.6. The summed E-state index contributed by atoms with van der Waals surface area (Å²) in [4.78, 5) is 39.4. The Labute approximate surface area is 216 Å². The molecular weight excluding hydrogens is 468 g/mol. The van der Waals surface area contributed by atoms with Crippen LogP contribution in [0, 0.1) is 13.8 Å². The first kappa shape index (κ1) is 24.8. The first-order valence-corrected chi connectivity index (χ1v) is 12.7. The van der Waals surface area contributed by atoms with E-state index in [4.69, 9.17) is 4.74 Å². The molecule has 0 saturated carbocycles. The number of piperazine rings is 1. The van der Waals surface area contributed by atoms with Crippen molar-refractivity contribution in [2.45, 2.75) is 66.2 Å². The minimum Gasteiger partial charge on any atom is -0.444 e. The Hall–Kier alpha value is -3.88. The van der Waals surface area contributed by atoms with Crippen LogP contribution in [0.1, 0.15) is 46.0 Å². The smallest absolute Gasteiger partial charge is 0.410 e. The minimum atomic E-state index is -0.531. The van der Waals surface area contributed by atoms with E-state index in [1.54, 1.807) is 10.8 Å². The highest BCUT2D eigenvalue weighted by molar-refractivity contribution is 5.85. The number of anilines is 1. The van der Waals surface area contributed by atoms with E-state index in [9.17, 15) is 9.59 Å². The van der Waals surface area contributed by atoms with Gasteiger partial charge in [0, 0.05) is 36.6 Å². The molecule has 9 nitrogen and oxygen atoms in total. The molecule has 0 radical (unpaired) electrons. The highest BCUT2D eigenvalue weighted by Gasteiger charge is 2.35. The van der Waals surface area contributed by atoms with Crippen molar-refractivity contribution in [3.8, 4) is 5.82 Å². The Morgan fingerprint density at radius 1 is 1.03 bits per heavy atom. The molecule has 0 spiro atoms. The maximum absolute atomic E-state index is 13.4. The summed E-state index contributed by atoms with van der Waals surface area (Å²) in [7, 11) is 0. The third-order valence-electron chi connectivity index (χ3n) is 6.74. The van der Waals surface area contributed by atoms with Crippen LogP contribution < -0.4 is 10.5 Å². The summed E-state index contributed by atoms with van der Waals surface area (Å²) in [6, 6.07) is 7.83. The molecule has 0 aliphatic carbocycles. The number of hydrogen-bond acceptors (Lipinski definition) is 6. The number of hydrogen-bond donors (Lipinski definition) is 0. The first-order valence-electron chi connectivity index (χ1n) is 12.7. The maximum Gasteiger partial charge on any atom is 0.410 e. The average Bonchev–Trinajstić information content (AvgIpc) is 3.18. The van der Waals surface area contributed by atoms with Crippen molar-refractivity contribution in [2.75, 3.05) is 18.0 Å². The van der Waals surface area contributed by atoms with E-state index >= 15 is 0 Å². The number of aryl methyl sites for hydroxylation is 2. The molecule has 0 N–H and O–H groups in total. The summed E-state index contributed by atoms with van der Waals surface area (Å²) in [6.07, 6.45) is 5.25. The number of benzene rings is 1. The van der Waals surface area contributed by atoms with Gasteiger partial charge in [-0.25, -0.2) is 14.8 Å². The Morgan fingerprint density at radius 3 is 2.41 bits per heavy atom. The van der Waals surface area contributed by atoms with Crippen molar-refractivity contribution in [3.63, 3.8) is 0 Å². The molecule has 194 valence electrons. The predicted molar refractivity (Wildman–Crippen MR) is 145 cm³/mol. The second-order valence-corrected chi connectivity index (χ2v) is 11.1. The number of carbonyl (C=O) groups is 1. The van der Waals surface area contributed by atoms with E-state index in [1.807, 2.05) is 94.4 Å². The van der Waals surface area contributed by atoms with E-state index < -0.39 is 5.60 Å². The summed E-state index contributed by atoms with van der Waals surface area (Å²) >= 11 is 0. The number of aromatic nitrogens is 4. The van der Waals surface area contributed by atoms with Crippen LogP contribution in [0.3, 0.4) is 0 Å². The van der Waals surface area contributed by atoms with Gasteiger partial charge in [0.1, 0.15) is 5.60 Å². The third-order valence-corrected chi connectivity index (χ3v) is 6.74. The number of ether oxygens (including phenoxy) is 1. The van der Waals surface area contributed by atoms with Crippen molar-refractivity contribution >= 4 is 28.2 Å². The summed E-state index contributed by atoms with van der Waals surface area (Å²) in [5.74, 6) is 0.555. The predicted octanol–water partition coefficient (Wildman–Crippen LogP) is 4.48. The largest absolute Gasteiger partial charge is 0.444 e. The van der Waals surface area contributed by atoms with Gasteiger partial charge in [-0.2, -0.15) is 0 Å². The van der Waals surface area contributed by atoms with Crippen LogP contribution in [0.15, 0.2) is 47.7 Å². The van der Waals surface area contributed by atoms with Crippen LogP contribution in [0.25, 0.3) is 22.2 Å². The third kappa shape index (κ3) is 4.65. The lowest BCUT2D eigenvalue weighted by molar-refractivity contribution is 0.00566. The zero-order valence-electron chi connectivity index (χ0n) is 22.5. The molecule has 1 aliphatic rings. The molecule has 5 rings (SSSR count). The number of amides is 1. The Kier molecular flexibility index (Phi) is 5.96. The Morgan fingerprint density at radius 2 is 1.73 bits per heavy atom. The molecule has 4 aromatic rings. The number of fused-ring (bicyclic) bond motifs is 2. The molecule has 1 amide bonds. The summed E-state index contributed by atoms with van der Waals surface area (Å²) < 4.78 is 9.12. The minimum absolute atomic E-state index is 0.0154. The molecule has 3 aromatic heterocycles. The number of rotatable bonds is 2. The Balaban J connectivity index is 1.43. The molecule has 9 heteroatoms. The summed E-state index contributed by atoms with van der Waals surface area (Å²) in [5.41, 5.74) is 2.82. The molecule has 1 saturated heterocycles. The van der Waals surface area contributed by atoms with Gasteiger partial charge in [-0.15, -0.1) is 0 Å². The van der Waals surface area contributed by atoms with Gasteiger partial charge in [-0.05, 0) is 78.1 Å². The van der Waals surface area contributed by atoms with Gasteiger partial charge in [-0.1, -0.05) is 0 Å². The Bertz CT molecular complexity index is 1550. The van der Waals surface area contributed by atoms with E-state index in [0.717, 1.165) is 28.1 Å². The normalized spacial score (nSPS) is 18.6. The van der Waals surface area contributed by atoms with Gasteiger partial charge in [0.15, 0.2) is 11.5 Å². The fourth-order valence-electron chi connectivity index (χ4n) is 5.19. The van der Waals surface area contributed by atoms with E-state index in [0.29, 0.717) is 24.3 Å². The van der Waals surface area contributed by atoms with Crippen molar-refractivity contribution in [3.05, 3.63) is 64.6 Å². The lowest BCUT2D eigenvalue weighted by atomic mass is 10.1. The van der Waals surface area contributed by atoms with Crippen LogP contribution >= 0.6 is 0 Å².